The van der Waals surface area contributed by atoms with Crippen LogP contribution >= 0.6 is 0 Å². The van der Waals surface area contributed by atoms with Gasteiger partial charge in [0.15, 0.2) is 0 Å². The Labute approximate surface area is 145 Å². The van der Waals surface area contributed by atoms with Gasteiger partial charge in [0.2, 0.25) is 0 Å². The molecule has 0 spiro atoms. The van der Waals surface area contributed by atoms with Crippen molar-refractivity contribution < 1.29 is 19.4 Å². The number of para-hydroxylation sites is 1. The number of hydrogen-bond donors (Lipinski definition) is 2. The minimum Gasteiger partial charge on any atom is -0.507 e. The number of esters is 1. The molecule has 0 bridgehead atoms. The summed E-state index contributed by atoms with van der Waals surface area (Å²) in [5.74, 6) is -1.09. The molecule has 0 aromatic heterocycles. The van der Waals surface area contributed by atoms with Crippen LogP contribution in [0.5, 0.6) is 5.75 Å². The van der Waals surface area contributed by atoms with Crippen molar-refractivity contribution in [1.29, 1.82) is 5.26 Å². The van der Waals surface area contributed by atoms with Crippen molar-refractivity contribution in [2.45, 2.75) is 6.92 Å². The van der Waals surface area contributed by atoms with E-state index in [1.807, 2.05) is 6.07 Å². The van der Waals surface area contributed by atoms with Gasteiger partial charge >= 0.3 is 5.97 Å². The van der Waals surface area contributed by atoms with Crippen LogP contribution in [0.15, 0.2) is 54.1 Å². The summed E-state index contributed by atoms with van der Waals surface area (Å²) in [6.07, 6.45) is 1.30. The van der Waals surface area contributed by atoms with E-state index in [1.54, 1.807) is 37.3 Å². The molecule has 0 fully saturated rings. The topological polar surface area (TPSA) is 99.4 Å². The molecule has 25 heavy (non-hydrogen) atoms. The Balaban J connectivity index is 2.14. The third kappa shape index (κ3) is 4.69. The van der Waals surface area contributed by atoms with Gasteiger partial charge in [-0.2, -0.15) is 5.26 Å². The number of nitrogens with zero attached hydrogens (tertiary/aromatic N) is 1. The average molecular weight is 336 g/mol. The fourth-order valence-electron chi connectivity index (χ4n) is 2.02. The number of rotatable bonds is 5. The lowest BCUT2D eigenvalue weighted by atomic mass is 10.1. The van der Waals surface area contributed by atoms with E-state index in [4.69, 9.17) is 4.74 Å². The van der Waals surface area contributed by atoms with Gasteiger partial charge < -0.3 is 15.2 Å². The first-order valence-electron chi connectivity index (χ1n) is 7.53. The van der Waals surface area contributed by atoms with Gasteiger partial charge in [-0.25, -0.2) is 4.79 Å². The second-order valence-corrected chi connectivity index (χ2v) is 4.98. The minimum atomic E-state index is -0.616. The molecule has 2 rings (SSSR count). The monoisotopic (exact) mass is 336 g/mol. The van der Waals surface area contributed by atoms with Crippen molar-refractivity contribution in [3.8, 4) is 11.8 Å². The van der Waals surface area contributed by atoms with E-state index < -0.39 is 11.9 Å². The maximum atomic E-state index is 12.2. The van der Waals surface area contributed by atoms with E-state index in [0.717, 1.165) is 0 Å². The van der Waals surface area contributed by atoms with Gasteiger partial charge in [0.05, 0.1) is 12.2 Å². The van der Waals surface area contributed by atoms with Gasteiger partial charge in [0.1, 0.15) is 17.4 Å². The van der Waals surface area contributed by atoms with Crippen LogP contribution in [0.1, 0.15) is 22.8 Å². The first kappa shape index (κ1) is 17.8. The highest BCUT2D eigenvalue weighted by atomic mass is 16.5. The molecule has 2 aromatic rings. The predicted molar refractivity (Wildman–Crippen MR) is 92.7 cm³/mol. The summed E-state index contributed by atoms with van der Waals surface area (Å²) in [5, 5.41) is 21.5. The number of phenolic OH excluding ortho intramolecular Hbond substituents is 1. The molecule has 0 unspecified atom stereocenters. The largest absolute Gasteiger partial charge is 0.507 e. The molecule has 0 aliphatic carbocycles. The molecule has 0 saturated heterocycles. The van der Waals surface area contributed by atoms with E-state index in [1.165, 1.54) is 24.3 Å². The van der Waals surface area contributed by atoms with Crippen molar-refractivity contribution in [3.05, 3.63) is 65.2 Å². The van der Waals surface area contributed by atoms with E-state index in [-0.39, 0.29) is 17.9 Å². The Kier molecular flexibility index (Phi) is 5.91. The smallest absolute Gasteiger partial charge is 0.338 e. The molecule has 0 aliphatic rings. The number of hydrogen-bond acceptors (Lipinski definition) is 5. The Bertz CT molecular complexity index is 848. The number of carbonyl (C=O) groups excluding carboxylic acids is 2. The molecule has 2 N–H and O–H groups in total. The standard InChI is InChI=1S/C19H16N2O4/c1-2-25-19(24)13-7-9-16(10-8-13)21-18(23)15(12-20)11-14-5-3-4-6-17(14)22/h3-11,22H,2H2,1H3,(H,21,23). The van der Waals surface area contributed by atoms with Crippen molar-refractivity contribution in [1.82, 2.24) is 0 Å². The summed E-state index contributed by atoms with van der Waals surface area (Å²) in [5.41, 5.74) is 1.00. The molecular weight excluding hydrogens is 320 g/mol. The quantitative estimate of drug-likeness (QED) is 0.496. The highest BCUT2D eigenvalue weighted by molar-refractivity contribution is 6.10. The number of anilines is 1. The predicted octanol–water partition coefficient (Wildman–Crippen LogP) is 3.11. The van der Waals surface area contributed by atoms with Crippen LogP contribution in [0, 0.1) is 11.3 Å². The van der Waals surface area contributed by atoms with Gasteiger partial charge in [-0.3, -0.25) is 4.79 Å². The van der Waals surface area contributed by atoms with Crippen LogP contribution in [0.4, 0.5) is 5.69 Å². The number of nitrogens with one attached hydrogen (secondary N) is 1. The maximum Gasteiger partial charge on any atom is 0.338 e. The molecule has 0 heterocycles. The van der Waals surface area contributed by atoms with Crippen molar-refractivity contribution in [2.24, 2.45) is 0 Å². The fourth-order valence-corrected chi connectivity index (χ4v) is 2.02. The minimum absolute atomic E-state index is 0.0261. The maximum absolute atomic E-state index is 12.2. The summed E-state index contributed by atoms with van der Waals surface area (Å²) < 4.78 is 4.88. The van der Waals surface area contributed by atoms with Crippen molar-refractivity contribution in [3.63, 3.8) is 0 Å². The summed E-state index contributed by atoms with van der Waals surface area (Å²) in [4.78, 5) is 23.8. The number of ether oxygens (including phenoxy) is 1. The number of carbonyl (C=O) groups is 2. The van der Waals surface area contributed by atoms with Crippen LogP contribution in [-0.2, 0) is 9.53 Å². The number of phenols is 1. The lowest BCUT2D eigenvalue weighted by Gasteiger charge is -2.06. The second kappa shape index (κ2) is 8.31. The number of nitriles is 1. The number of aromatic hydroxyl groups is 1. The lowest BCUT2D eigenvalue weighted by Crippen LogP contribution is -2.13. The average Bonchev–Trinajstić information content (AvgIpc) is 2.61. The first-order chi connectivity index (χ1) is 12.0. The SMILES string of the molecule is CCOC(=O)c1ccc(NC(=O)C(C#N)=Cc2ccccc2O)cc1. The fraction of sp³-hybridized carbons (Fsp3) is 0.105. The van der Waals surface area contributed by atoms with E-state index in [2.05, 4.69) is 5.32 Å². The van der Waals surface area contributed by atoms with Crippen molar-refractivity contribution >= 4 is 23.6 Å². The van der Waals surface area contributed by atoms with Gasteiger partial charge in [-0.15, -0.1) is 0 Å². The summed E-state index contributed by atoms with van der Waals surface area (Å²) in [6, 6.07) is 14.3. The Morgan fingerprint density at radius 1 is 1.20 bits per heavy atom. The first-order valence-corrected chi connectivity index (χ1v) is 7.53. The van der Waals surface area contributed by atoms with E-state index in [9.17, 15) is 20.0 Å². The molecule has 1 amide bonds. The number of benzene rings is 2. The molecule has 2 aromatic carbocycles. The van der Waals surface area contributed by atoms with Crippen LogP contribution < -0.4 is 5.32 Å². The Morgan fingerprint density at radius 3 is 2.48 bits per heavy atom. The zero-order valence-corrected chi connectivity index (χ0v) is 13.5. The third-order valence-electron chi connectivity index (χ3n) is 3.26. The van der Waals surface area contributed by atoms with E-state index >= 15 is 0 Å². The second-order valence-electron chi connectivity index (χ2n) is 4.98. The summed E-state index contributed by atoms with van der Waals surface area (Å²) in [6.45, 7) is 1.99. The summed E-state index contributed by atoms with van der Waals surface area (Å²) in [7, 11) is 0. The lowest BCUT2D eigenvalue weighted by molar-refractivity contribution is -0.112. The summed E-state index contributed by atoms with van der Waals surface area (Å²) >= 11 is 0. The van der Waals surface area contributed by atoms with Gasteiger partial charge in [-0.1, -0.05) is 18.2 Å². The molecule has 6 heteroatoms. The van der Waals surface area contributed by atoms with Gasteiger partial charge in [-0.05, 0) is 43.3 Å². The van der Waals surface area contributed by atoms with Crippen LogP contribution in [0.3, 0.4) is 0 Å². The zero-order valence-electron chi connectivity index (χ0n) is 13.5. The van der Waals surface area contributed by atoms with Crippen LogP contribution in [0.25, 0.3) is 6.08 Å². The molecule has 6 nitrogen and oxygen atoms in total. The molecule has 0 saturated carbocycles. The molecular formula is C19H16N2O4. The van der Waals surface area contributed by atoms with Gasteiger partial charge in [0.25, 0.3) is 5.91 Å². The molecule has 0 radical (unpaired) electrons. The normalized spacial score (nSPS) is 10.6. The number of amides is 1. The molecule has 0 aliphatic heterocycles. The molecule has 126 valence electrons. The Morgan fingerprint density at radius 2 is 1.88 bits per heavy atom. The zero-order chi connectivity index (χ0) is 18.2. The van der Waals surface area contributed by atoms with Crippen molar-refractivity contribution in [2.75, 3.05) is 11.9 Å². The van der Waals surface area contributed by atoms with Gasteiger partial charge in [0, 0.05) is 11.3 Å². The third-order valence-corrected chi connectivity index (χ3v) is 3.26. The highest BCUT2D eigenvalue weighted by Gasteiger charge is 2.12. The van der Waals surface area contributed by atoms with Crippen LogP contribution in [-0.4, -0.2) is 23.6 Å². The van der Waals surface area contributed by atoms with E-state index in [0.29, 0.717) is 16.8 Å². The Hall–Kier alpha value is -3.59. The molecule has 0 atom stereocenters. The van der Waals surface area contributed by atoms with Crippen LogP contribution in [0.2, 0.25) is 0 Å². The highest BCUT2D eigenvalue weighted by Crippen LogP contribution is 2.19.